The third kappa shape index (κ3) is 3.61. The van der Waals surface area contributed by atoms with Crippen LogP contribution in [0.4, 0.5) is 5.69 Å². The Balaban J connectivity index is 2.99. The van der Waals surface area contributed by atoms with Crippen molar-refractivity contribution >= 4 is 21.8 Å². The van der Waals surface area contributed by atoms with Gasteiger partial charge in [-0.3, -0.25) is 0 Å². The Labute approximate surface area is 88.4 Å². The van der Waals surface area contributed by atoms with E-state index in [9.17, 15) is 8.42 Å². The number of nitrogen functional groups attached to an aromatic ring is 1. The number of primary sulfonamides is 1. The minimum Gasteiger partial charge on any atom is -0.495 e. The molecule has 82 valence electrons. The second-order valence-corrected chi connectivity index (χ2v) is 4.34. The van der Waals surface area contributed by atoms with E-state index in [0.29, 0.717) is 17.0 Å². The predicted molar refractivity (Wildman–Crippen MR) is 59.5 cm³/mol. The van der Waals surface area contributed by atoms with Crippen LogP contribution in [0.5, 0.6) is 5.75 Å². The normalized spacial score (nSPS) is 11.9. The van der Waals surface area contributed by atoms with Crippen LogP contribution in [-0.2, 0) is 10.0 Å². The SMILES string of the molecule is COc1ccc(C=CS(N)(=O)=O)cc1N. The van der Waals surface area contributed by atoms with Gasteiger partial charge in [0.05, 0.1) is 12.8 Å². The van der Waals surface area contributed by atoms with Crippen molar-refractivity contribution < 1.29 is 13.2 Å². The van der Waals surface area contributed by atoms with Gasteiger partial charge in [0.25, 0.3) is 0 Å². The highest BCUT2D eigenvalue weighted by atomic mass is 32.2. The molecule has 0 atom stereocenters. The van der Waals surface area contributed by atoms with Crippen molar-refractivity contribution in [1.82, 2.24) is 0 Å². The monoisotopic (exact) mass is 228 g/mol. The lowest BCUT2D eigenvalue weighted by molar-refractivity contribution is 0.417. The number of anilines is 1. The first-order valence-corrected chi connectivity index (χ1v) is 5.68. The summed E-state index contributed by atoms with van der Waals surface area (Å²) >= 11 is 0. The number of hydrogen-bond acceptors (Lipinski definition) is 4. The van der Waals surface area contributed by atoms with Crippen LogP contribution in [0.15, 0.2) is 23.6 Å². The molecule has 0 aliphatic rings. The Kier molecular flexibility index (Phi) is 3.33. The maximum absolute atomic E-state index is 10.6. The molecule has 15 heavy (non-hydrogen) atoms. The molecule has 0 radical (unpaired) electrons. The van der Waals surface area contributed by atoms with Crippen LogP contribution in [-0.4, -0.2) is 15.5 Å². The van der Waals surface area contributed by atoms with Crippen LogP contribution in [0, 0.1) is 0 Å². The van der Waals surface area contributed by atoms with Crippen molar-refractivity contribution in [1.29, 1.82) is 0 Å². The molecule has 1 aromatic carbocycles. The Morgan fingerprint density at radius 1 is 1.40 bits per heavy atom. The van der Waals surface area contributed by atoms with Gasteiger partial charge in [-0.2, -0.15) is 0 Å². The molecule has 0 unspecified atom stereocenters. The van der Waals surface area contributed by atoms with Crippen molar-refractivity contribution in [3.63, 3.8) is 0 Å². The fraction of sp³-hybridized carbons (Fsp3) is 0.111. The summed E-state index contributed by atoms with van der Waals surface area (Å²) in [5.41, 5.74) is 6.71. The number of rotatable bonds is 3. The maximum atomic E-state index is 10.6. The third-order valence-electron chi connectivity index (χ3n) is 1.70. The first kappa shape index (κ1) is 11.5. The Bertz CT molecular complexity index is 480. The van der Waals surface area contributed by atoms with Crippen LogP contribution in [0.3, 0.4) is 0 Å². The summed E-state index contributed by atoms with van der Waals surface area (Å²) in [7, 11) is -2.10. The van der Waals surface area contributed by atoms with Gasteiger partial charge in [0.2, 0.25) is 10.0 Å². The molecule has 0 heterocycles. The molecular weight excluding hydrogens is 216 g/mol. The molecule has 6 heteroatoms. The summed E-state index contributed by atoms with van der Waals surface area (Å²) in [6.45, 7) is 0. The van der Waals surface area contributed by atoms with Crippen molar-refractivity contribution in [2.45, 2.75) is 0 Å². The van der Waals surface area contributed by atoms with Crippen molar-refractivity contribution in [2.24, 2.45) is 5.14 Å². The summed E-state index contributed by atoms with van der Waals surface area (Å²) in [6, 6.07) is 4.93. The van der Waals surface area contributed by atoms with E-state index in [1.165, 1.54) is 13.2 Å². The summed E-state index contributed by atoms with van der Waals surface area (Å²) in [6.07, 6.45) is 1.37. The fourth-order valence-corrected chi connectivity index (χ4v) is 1.38. The molecule has 0 spiro atoms. The molecule has 0 aliphatic carbocycles. The van der Waals surface area contributed by atoms with Gasteiger partial charge in [-0.15, -0.1) is 0 Å². The molecule has 5 nitrogen and oxygen atoms in total. The molecule has 0 aromatic heterocycles. The summed E-state index contributed by atoms with van der Waals surface area (Å²) < 4.78 is 26.2. The highest BCUT2D eigenvalue weighted by Crippen LogP contribution is 2.22. The van der Waals surface area contributed by atoms with Crippen LogP contribution in [0.2, 0.25) is 0 Å². The van der Waals surface area contributed by atoms with Gasteiger partial charge in [0, 0.05) is 5.41 Å². The second kappa shape index (κ2) is 4.33. The zero-order valence-corrected chi connectivity index (χ0v) is 8.99. The first-order chi connectivity index (χ1) is 6.92. The van der Waals surface area contributed by atoms with Gasteiger partial charge < -0.3 is 10.5 Å². The van der Waals surface area contributed by atoms with Gasteiger partial charge >= 0.3 is 0 Å². The van der Waals surface area contributed by atoms with E-state index < -0.39 is 10.0 Å². The highest BCUT2D eigenvalue weighted by molar-refractivity contribution is 7.92. The zero-order valence-electron chi connectivity index (χ0n) is 8.17. The van der Waals surface area contributed by atoms with Crippen LogP contribution < -0.4 is 15.6 Å². The molecule has 1 aromatic rings. The van der Waals surface area contributed by atoms with Gasteiger partial charge in [0.1, 0.15) is 5.75 Å². The number of hydrogen-bond donors (Lipinski definition) is 2. The van der Waals surface area contributed by atoms with Gasteiger partial charge in [-0.1, -0.05) is 6.07 Å². The Hall–Kier alpha value is -1.53. The number of ether oxygens (including phenoxy) is 1. The number of sulfonamides is 1. The quantitative estimate of drug-likeness (QED) is 0.738. The van der Waals surface area contributed by atoms with E-state index in [1.807, 2.05) is 0 Å². The van der Waals surface area contributed by atoms with Gasteiger partial charge in [0.15, 0.2) is 0 Å². The van der Waals surface area contributed by atoms with Crippen LogP contribution in [0.1, 0.15) is 5.56 Å². The Morgan fingerprint density at radius 3 is 2.53 bits per heavy atom. The van der Waals surface area contributed by atoms with Crippen molar-refractivity contribution in [3.05, 3.63) is 29.2 Å². The summed E-state index contributed by atoms with van der Waals surface area (Å²) in [4.78, 5) is 0. The molecule has 0 fully saturated rings. The van der Waals surface area contributed by atoms with E-state index in [4.69, 9.17) is 15.6 Å². The lowest BCUT2D eigenvalue weighted by Gasteiger charge is -2.04. The minimum atomic E-state index is -3.60. The number of benzene rings is 1. The fourth-order valence-electron chi connectivity index (χ4n) is 1.03. The molecule has 0 amide bonds. The van der Waals surface area contributed by atoms with Gasteiger partial charge in [-0.25, -0.2) is 13.6 Å². The van der Waals surface area contributed by atoms with Crippen LogP contribution in [0.25, 0.3) is 6.08 Å². The van der Waals surface area contributed by atoms with Crippen LogP contribution >= 0.6 is 0 Å². The Morgan fingerprint density at radius 2 is 2.07 bits per heavy atom. The third-order valence-corrected chi connectivity index (χ3v) is 2.22. The summed E-state index contributed by atoms with van der Waals surface area (Å²) in [5.74, 6) is 0.544. The average Bonchev–Trinajstić information content (AvgIpc) is 2.14. The zero-order chi connectivity index (χ0) is 11.5. The molecule has 4 N–H and O–H groups in total. The van der Waals surface area contributed by atoms with Crippen molar-refractivity contribution in [3.8, 4) is 5.75 Å². The number of nitrogens with two attached hydrogens (primary N) is 2. The second-order valence-electron chi connectivity index (χ2n) is 2.89. The minimum absolute atomic E-state index is 0.439. The molecule has 1 rings (SSSR count). The van der Waals surface area contributed by atoms with E-state index >= 15 is 0 Å². The lowest BCUT2D eigenvalue weighted by atomic mass is 10.2. The molecule has 0 bridgehead atoms. The topological polar surface area (TPSA) is 95.4 Å². The molecule has 0 saturated heterocycles. The van der Waals surface area contributed by atoms with Gasteiger partial charge in [-0.05, 0) is 23.8 Å². The maximum Gasteiger partial charge on any atom is 0.231 e. The smallest absolute Gasteiger partial charge is 0.231 e. The highest BCUT2D eigenvalue weighted by Gasteiger charge is 1.99. The lowest BCUT2D eigenvalue weighted by Crippen LogP contribution is -2.06. The van der Waals surface area contributed by atoms with E-state index in [-0.39, 0.29) is 0 Å². The predicted octanol–water partition coefficient (Wildman–Crippen LogP) is 0.537. The molecule has 0 saturated carbocycles. The summed E-state index contributed by atoms with van der Waals surface area (Å²) in [5, 5.41) is 5.72. The van der Waals surface area contributed by atoms with E-state index in [0.717, 1.165) is 5.41 Å². The van der Waals surface area contributed by atoms with Crippen molar-refractivity contribution in [2.75, 3.05) is 12.8 Å². The van der Waals surface area contributed by atoms with E-state index in [2.05, 4.69) is 0 Å². The average molecular weight is 228 g/mol. The largest absolute Gasteiger partial charge is 0.495 e. The molecular formula is C9H12N2O3S. The first-order valence-electron chi connectivity index (χ1n) is 4.07. The molecule has 0 aliphatic heterocycles. The standard InChI is InChI=1S/C9H12N2O3S/c1-14-9-3-2-7(6-8(9)10)4-5-15(11,12)13/h2-6H,10H2,1H3,(H2,11,12,13). The number of methoxy groups -OCH3 is 1. The van der Waals surface area contributed by atoms with E-state index in [1.54, 1.807) is 18.2 Å².